The molecule has 0 bridgehead atoms. The van der Waals surface area contributed by atoms with Gasteiger partial charge in [-0.25, -0.2) is 0 Å². The normalized spacial score (nSPS) is 11.9. The number of hydrogen-bond acceptors (Lipinski definition) is 5. The Morgan fingerprint density at radius 1 is 1.17 bits per heavy atom. The van der Waals surface area contributed by atoms with Crippen LogP contribution in [-0.4, -0.2) is 32.3 Å². The van der Waals surface area contributed by atoms with E-state index in [0.717, 1.165) is 15.7 Å². The minimum atomic E-state index is -0.476. The van der Waals surface area contributed by atoms with Crippen molar-refractivity contribution in [3.05, 3.63) is 80.5 Å². The minimum absolute atomic E-state index is 0.143. The number of rotatable bonds is 10. The highest BCUT2D eigenvalue weighted by Crippen LogP contribution is 2.28. The first-order valence-electron chi connectivity index (χ1n) is 11.1. The summed E-state index contributed by atoms with van der Waals surface area (Å²) in [7, 11) is 0. The molecule has 2 N–H and O–H groups in total. The molecule has 1 heterocycles. The largest absolute Gasteiger partial charge is 0.342 e. The average molecular weight is 611 g/mol. The number of aromatic nitrogens is 3. The Morgan fingerprint density at radius 2 is 1.92 bits per heavy atom. The predicted molar refractivity (Wildman–Crippen MR) is 150 cm³/mol. The molecule has 36 heavy (non-hydrogen) atoms. The molecular weight excluding hydrogens is 585 g/mol. The topological polar surface area (TPSA) is 88.9 Å². The lowest BCUT2D eigenvalue weighted by Gasteiger charge is -2.16. The number of allylic oxidation sites excluding steroid dienone is 1. The van der Waals surface area contributed by atoms with Gasteiger partial charge in [0.05, 0.1) is 22.4 Å². The molecule has 0 saturated carbocycles. The fraction of sp³-hybridized carbons (Fsp3) is 0.280. The van der Waals surface area contributed by atoms with E-state index in [0.29, 0.717) is 28.1 Å². The minimum Gasteiger partial charge on any atom is -0.342 e. The zero-order valence-corrected chi connectivity index (χ0v) is 23.9. The molecule has 11 heteroatoms. The molecule has 2 aromatic carbocycles. The van der Waals surface area contributed by atoms with Crippen molar-refractivity contribution in [2.24, 2.45) is 0 Å². The van der Waals surface area contributed by atoms with Crippen molar-refractivity contribution >= 4 is 68.4 Å². The van der Waals surface area contributed by atoms with Gasteiger partial charge in [0.1, 0.15) is 0 Å². The summed E-state index contributed by atoms with van der Waals surface area (Å²) in [6.07, 6.45) is 1.71. The van der Waals surface area contributed by atoms with Gasteiger partial charge < -0.3 is 15.2 Å². The summed E-state index contributed by atoms with van der Waals surface area (Å²) < 4.78 is 2.78. The second-order valence-electron chi connectivity index (χ2n) is 8.28. The SMILES string of the molecule is C=CCn1c(SCC(=O)Nc2ccc(Br)cc2C(C)C)nnc1C(C)NC(=O)c1ccc(Cl)cc1Cl. The number of carbonyl (C=O) groups is 2. The van der Waals surface area contributed by atoms with Gasteiger partial charge in [-0.15, -0.1) is 16.8 Å². The van der Waals surface area contributed by atoms with E-state index in [9.17, 15) is 9.59 Å². The Hall–Kier alpha value is -2.33. The molecule has 0 aliphatic heterocycles. The summed E-state index contributed by atoms with van der Waals surface area (Å²) in [5, 5.41) is 15.6. The van der Waals surface area contributed by atoms with Crippen LogP contribution in [0.15, 0.2) is 58.7 Å². The molecule has 1 aromatic heterocycles. The van der Waals surface area contributed by atoms with Gasteiger partial charge in [-0.2, -0.15) is 0 Å². The van der Waals surface area contributed by atoms with Crippen LogP contribution >= 0.6 is 50.9 Å². The third kappa shape index (κ3) is 7.12. The lowest BCUT2D eigenvalue weighted by atomic mass is 10.0. The van der Waals surface area contributed by atoms with E-state index in [1.54, 1.807) is 25.1 Å². The van der Waals surface area contributed by atoms with Crippen LogP contribution < -0.4 is 10.6 Å². The van der Waals surface area contributed by atoms with Crippen LogP contribution in [0.5, 0.6) is 0 Å². The highest BCUT2D eigenvalue weighted by molar-refractivity contribution is 9.10. The van der Waals surface area contributed by atoms with E-state index >= 15 is 0 Å². The van der Waals surface area contributed by atoms with Crippen LogP contribution in [0.2, 0.25) is 10.0 Å². The molecular formula is C25H26BrCl2N5O2S. The quantitative estimate of drug-likeness (QED) is 0.193. The van der Waals surface area contributed by atoms with Gasteiger partial charge in [0.15, 0.2) is 11.0 Å². The highest BCUT2D eigenvalue weighted by Gasteiger charge is 2.22. The maximum Gasteiger partial charge on any atom is 0.253 e. The number of benzene rings is 2. The number of amides is 2. The lowest BCUT2D eigenvalue weighted by Crippen LogP contribution is -2.29. The summed E-state index contributed by atoms with van der Waals surface area (Å²) in [4.78, 5) is 25.5. The number of halogens is 3. The fourth-order valence-corrected chi connectivity index (χ4v) is 5.11. The Kier molecular flexibility index (Phi) is 10.0. The van der Waals surface area contributed by atoms with Crippen molar-refractivity contribution in [3.8, 4) is 0 Å². The van der Waals surface area contributed by atoms with Crippen molar-refractivity contribution < 1.29 is 9.59 Å². The number of nitrogens with one attached hydrogen (secondary N) is 2. The van der Waals surface area contributed by atoms with Gasteiger partial charge in [0.2, 0.25) is 5.91 Å². The van der Waals surface area contributed by atoms with E-state index in [4.69, 9.17) is 23.2 Å². The molecule has 0 fully saturated rings. The standard InChI is InChI=1S/C25H26BrCl2N5O2S/c1-5-10-33-23(15(4)29-24(35)18-8-7-17(27)12-20(18)28)31-32-25(33)36-13-22(34)30-21-9-6-16(26)11-19(21)14(2)3/h5-9,11-12,14-15H,1,10,13H2,2-4H3,(H,29,35)(H,30,34). The molecule has 7 nitrogen and oxygen atoms in total. The van der Waals surface area contributed by atoms with Crippen molar-refractivity contribution in [3.63, 3.8) is 0 Å². The summed E-state index contributed by atoms with van der Waals surface area (Å²) in [5.41, 5.74) is 2.14. The molecule has 0 aliphatic rings. The maximum absolute atomic E-state index is 12.7. The first-order valence-corrected chi connectivity index (χ1v) is 13.7. The summed E-state index contributed by atoms with van der Waals surface area (Å²) in [6.45, 7) is 10.2. The summed E-state index contributed by atoms with van der Waals surface area (Å²) in [5.74, 6) is 0.415. The molecule has 1 unspecified atom stereocenters. The van der Waals surface area contributed by atoms with E-state index < -0.39 is 6.04 Å². The maximum atomic E-state index is 12.7. The number of thioether (sulfide) groups is 1. The van der Waals surface area contributed by atoms with E-state index in [2.05, 4.69) is 57.2 Å². The van der Waals surface area contributed by atoms with Crippen molar-refractivity contribution in [2.75, 3.05) is 11.1 Å². The summed E-state index contributed by atoms with van der Waals surface area (Å²) >= 11 is 16.8. The molecule has 0 spiro atoms. The van der Waals surface area contributed by atoms with Crippen LogP contribution in [0.1, 0.15) is 54.5 Å². The Labute approximate surface area is 233 Å². The van der Waals surface area contributed by atoms with Crippen LogP contribution in [0.3, 0.4) is 0 Å². The monoisotopic (exact) mass is 609 g/mol. The number of carbonyl (C=O) groups excluding carboxylic acids is 2. The van der Waals surface area contributed by atoms with Gasteiger partial charge in [0.25, 0.3) is 5.91 Å². The fourth-order valence-electron chi connectivity index (χ4n) is 3.48. The van der Waals surface area contributed by atoms with Gasteiger partial charge in [-0.3, -0.25) is 9.59 Å². The Bertz CT molecular complexity index is 1280. The van der Waals surface area contributed by atoms with Gasteiger partial charge in [0, 0.05) is 21.7 Å². The molecule has 2 amide bonds. The molecule has 0 saturated heterocycles. The molecule has 1 atom stereocenters. The van der Waals surface area contributed by atoms with Crippen LogP contribution in [0.25, 0.3) is 0 Å². The van der Waals surface area contributed by atoms with Crippen LogP contribution in [0, 0.1) is 0 Å². The Balaban J connectivity index is 1.70. The number of nitrogens with zero attached hydrogens (tertiary/aromatic N) is 3. The van der Waals surface area contributed by atoms with E-state index in [1.165, 1.54) is 17.8 Å². The molecule has 190 valence electrons. The lowest BCUT2D eigenvalue weighted by molar-refractivity contribution is -0.113. The zero-order chi connectivity index (χ0) is 26.4. The first-order chi connectivity index (χ1) is 17.1. The summed E-state index contributed by atoms with van der Waals surface area (Å²) in [6, 6.07) is 10.00. The second-order valence-corrected chi connectivity index (χ2v) is 11.0. The molecule has 0 aliphatic carbocycles. The van der Waals surface area contributed by atoms with Crippen LogP contribution in [0.4, 0.5) is 5.69 Å². The first kappa shape index (κ1) is 28.2. The average Bonchev–Trinajstić information content (AvgIpc) is 3.21. The third-order valence-electron chi connectivity index (χ3n) is 5.21. The Morgan fingerprint density at radius 3 is 2.58 bits per heavy atom. The second kappa shape index (κ2) is 12.8. The van der Waals surface area contributed by atoms with Crippen molar-refractivity contribution in [1.82, 2.24) is 20.1 Å². The third-order valence-corrected chi connectivity index (χ3v) is 7.22. The van der Waals surface area contributed by atoms with Crippen molar-refractivity contribution in [2.45, 2.75) is 44.4 Å². The molecule has 3 aromatic rings. The van der Waals surface area contributed by atoms with E-state index in [-0.39, 0.29) is 28.5 Å². The van der Waals surface area contributed by atoms with Gasteiger partial charge >= 0.3 is 0 Å². The number of anilines is 1. The predicted octanol–water partition coefficient (Wildman–Crippen LogP) is 6.88. The zero-order valence-electron chi connectivity index (χ0n) is 20.0. The molecule has 0 radical (unpaired) electrons. The smallest absolute Gasteiger partial charge is 0.253 e. The van der Waals surface area contributed by atoms with Gasteiger partial charge in [-0.1, -0.05) is 70.8 Å². The van der Waals surface area contributed by atoms with Crippen molar-refractivity contribution in [1.29, 1.82) is 0 Å². The highest BCUT2D eigenvalue weighted by atomic mass is 79.9. The van der Waals surface area contributed by atoms with Crippen LogP contribution in [-0.2, 0) is 11.3 Å². The number of hydrogen-bond donors (Lipinski definition) is 2. The van der Waals surface area contributed by atoms with E-state index in [1.807, 2.05) is 22.8 Å². The van der Waals surface area contributed by atoms with Gasteiger partial charge in [-0.05, 0) is 54.8 Å². The molecule has 3 rings (SSSR count).